The Kier molecular flexibility index (Phi) is 4.23. The third-order valence-corrected chi connectivity index (χ3v) is 5.04. The molecule has 4 heteroatoms. The molecular formula is C13H19ClN2S. The van der Waals surface area contributed by atoms with Gasteiger partial charge >= 0.3 is 0 Å². The van der Waals surface area contributed by atoms with Gasteiger partial charge in [-0.05, 0) is 43.2 Å². The van der Waals surface area contributed by atoms with Gasteiger partial charge in [-0.25, -0.2) is 0 Å². The van der Waals surface area contributed by atoms with Crippen LogP contribution >= 0.6 is 23.4 Å². The Morgan fingerprint density at radius 1 is 1.53 bits per heavy atom. The summed E-state index contributed by atoms with van der Waals surface area (Å²) < 4.78 is 0. The van der Waals surface area contributed by atoms with Crippen LogP contribution < -0.4 is 11.1 Å². The van der Waals surface area contributed by atoms with E-state index in [9.17, 15) is 0 Å². The molecule has 0 spiro atoms. The van der Waals surface area contributed by atoms with E-state index in [2.05, 4.69) is 11.4 Å². The van der Waals surface area contributed by atoms with Crippen molar-refractivity contribution < 1.29 is 0 Å². The molecule has 1 fully saturated rings. The van der Waals surface area contributed by atoms with Crippen LogP contribution in [0.25, 0.3) is 0 Å². The second-order valence-electron chi connectivity index (χ2n) is 4.73. The van der Waals surface area contributed by atoms with Gasteiger partial charge in [-0.3, -0.25) is 0 Å². The molecule has 1 aliphatic rings. The van der Waals surface area contributed by atoms with Gasteiger partial charge in [0.15, 0.2) is 0 Å². The van der Waals surface area contributed by atoms with Crippen molar-refractivity contribution >= 4 is 29.1 Å². The number of rotatable bonds is 3. The minimum absolute atomic E-state index is 0.0432. The predicted molar refractivity (Wildman–Crippen MR) is 78.2 cm³/mol. The van der Waals surface area contributed by atoms with Gasteiger partial charge < -0.3 is 11.1 Å². The van der Waals surface area contributed by atoms with Crippen LogP contribution in [0.4, 0.5) is 5.69 Å². The second kappa shape index (κ2) is 5.51. The van der Waals surface area contributed by atoms with Crippen molar-refractivity contribution in [3.05, 3.63) is 28.8 Å². The second-order valence-corrected chi connectivity index (χ2v) is 6.24. The summed E-state index contributed by atoms with van der Waals surface area (Å²) in [5, 5.41) is 4.39. The molecule has 1 saturated heterocycles. The summed E-state index contributed by atoms with van der Waals surface area (Å²) in [6.45, 7) is 2.69. The molecule has 0 radical (unpaired) electrons. The zero-order chi connectivity index (χ0) is 12.3. The number of anilines is 1. The molecular weight excluding hydrogens is 252 g/mol. The number of hydrogen-bond acceptors (Lipinski definition) is 3. The number of aryl methyl sites for hydroxylation is 1. The first-order valence-corrected chi connectivity index (χ1v) is 7.51. The lowest BCUT2D eigenvalue weighted by atomic mass is 9.95. The molecule has 2 nitrogen and oxygen atoms in total. The standard InChI is InChI=1S/C13H19ClN2S/c1-10-3-4-11(7-12(10)14)16-13(8-15)5-2-6-17-9-13/h3-4,7,16H,2,5-6,8-9,15H2,1H3. The normalized spacial score (nSPS) is 24.6. The molecule has 1 aromatic rings. The van der Waals surface area contributed by atoms with E-state index in [1.165, 1.54) is 12.2 Å². The smallest absolute Gasteiger partial charge is 0.0586 e. The summed E-state index contributed by atoms with van der Waals surface area (Å²) in [5.41, 5.74) is 8.17. The van der Waals surface area contributed by atoms with E-state index in [1.807, 2.05) is 30.8 Å². The molecule has 1 unspecified atom stereocenters. The lowest BCUT2D eigenvalue weighted by Gasteiger charge is -2.37. The summed E-state index contributed by atoms with van der Waals surface area (Å²) in [6.07, 6.45) is 2.37. The molecule has 0 aromatic heterocycles. The molecule has 0 bridgehead atoms. The third-order valence-electron chi connectivity index (χ3n) is 3.29. The number of halogens is 1. The zero-order valence-electron chi connectivity index (χ0n) is 10.1. The summed E-state index contributed by atoms with van der Waals surface area (Å²) >= 11 is 8.12. The van der Waals surface area contributed by atoms with Crippen LogP contribution in [0.3, 0.4) is 0 Å². The minimum Gasteiger partial charge on any atom is -0.377 e. The van der Waals surface area contributed by atoms with Gasteiger partial charge in [-0.15, -0.1) is 0 Å². The lowest BCUT2D eigenvalue weighted by molar-refractivity contribution is 0.476. The van der Waals surface area contributed by atoms with E-state index in [-0.39, 0.29) is 5.54 Å². The maximum absolute atomic E-state index is 6.14. The van der Waals surface area contributed by atoms with Crippen LogP contribution in [0.1, 0.15) is 18.4 Å². The molecule has 1 aliphatic heterocycles. The van der Waals surface area contributed by atoms with Crippen LogP contribution in [0.5, 0.6) is 0 Å². The number of nitrogens with two attached hydrogens (primary N) is 1. The topological polar surface area (TPSA) is 38.0 Å². The van der Waals surface area contributed by atoms with Crippen molar-refractivity contribution in [2.75, 3.05) is 23.4 Å². The molecule has 1 aromatic carbocycles. The van der Waals surface area contributed by atoms with Crippen LogP contribution in [0.2, 0.25) is 5.02 Å². The first-order chi connectivity index (χ1) is 8.15. The van der Waals surface area contributed by atoms with Crippen molar-refractivity contribution in [1.82, 2.24) is 0 Å². The van der Waals surface area contributed by atoms with Gasteiger partial charge in [0.05, 0.1) is 5.54 Å². The van der Waals surface area contributed by atoms with Gasteiger partial charge in [0.25, 0.3) is 0 Å². The summed E-state index contributed by atoms with van der Waals surface area (Å²) in [4.78, 5) is 0. The molecule has 2 rings (SSSR count). The maximum Gasteiger partial charge on any atom is 0.0586 e. The fraction of sp³-hybridized carbons (Fsp3) is 0.538. The predicted octanol–water partition coefficient (Wildman–Crippen LogP) is 3.28. The van der Waals surface area contributed by atoms with Crippen molar-refractivity contribution in [3.8, 4) is 0 Å². The van der Waals surface area contributed by atoms with E-state index < -0.39 is 0 Å². The fourth-order valence-corrected chi connectivity index (χ4v) is 3.54. The first-order valence-electron chi connectivity index (χ1n) is 5.97. The molecule has 0 saturated carbocycles. The lowest BCUT2D eigenvalue weighted by Crippen LogP contribution is -2.49. The molecule has 17 heavy (non-hydrogen) atoms. The monoisotopic (exact) mass is 270 g/mol. The molecule has 1 atom stereocenters. The maximum atomic E-state index is 6.14. The highest BCUT2D eigenvalue weighted by Gasteiger charge is 2.30. The van der Waals surface area contributed by atoms with Crippen LogP contribution in [0, 0.1) is 6.92 Å². The number of thioether (sulfide) groups is 1. The average molecular weight is 271 g/mol. The van der Waals surface area contributed by atoms with E-state index in [0.717, 1.165) is 28.4 Å². The Balaban J connectivity index is 2.14. The Labute approximate surface area is 112 Å². The minimum atomic E-state index is 0.0432. The van der Waals surface area contributed by atoms with E-state index in [0.29, 0.717) is 6.54 Å². The number of benzene rings is 1. The van der Waals surface area contributed by atoms with Gasteiger partial charge in [0.1, 0.15) is 0 Å². The van der Waals surface area contributed by atoms with Gasteiger partial charge in [-0.1, -0.05) is 17.7 Å². The Morgan fingerprint density at radius 2 is 2.35 bits per heavy atom. The highest BCUT2D eigenvalue weighted by Crippen LogP contribution is 2.30. The highest BCUT2D eigenvalue weighted by molar-refractivity contribution is 7.99. The van der Waals surface area contributed by atoms with Crippen LogP contribution in [0.15, 0.2) is 18.2 Å². The Morgan fingerprint density at radius 3 is 2.94 bits per heavy atom. The van der Waals surface area contributed by atoms with Crippen LogP contribution in [-0.4, -0.2) is 23.6 Å². The molecule has 0 amide bonds. The quantitative estimate of drug-likeness (QED) is 0.885. The Bertz CT molecular complexity index is 389. The molecule has 94 valence electrons. The zero-order valence-corrected chi connectivity index (χ0v) is 11.7. The van der Waals surface area contributed by atoms with Crippen molar-refractivity contribution in [2.45, 2.75) is 25.3 Å². The summed E-state index contributed by atoms with van der Waals surface area (Å²) in [7, 11) is 0. The largest absolute Gasteiger partial charge is 0.377 e. The van der Waals surface area contributed by atoms with Gasteiger partial charge in [-0.2, -0.15) is 11.8 Å². The summed E-state index contributed by atoms with van der Waals surface area (Å²) in [6, 6.07) is 6.12. The van der Waals surface area contributed by atoms with E-state index in [1.54, 1.807) is 0 Å². The van der Waals surface area contributed by atoms with Gasteiger partial charge in [0, 0.05) is 23.0 Å². The van der Waals surface area contributed by atoms with E-state index >= 15 is 0 Å². The fourth-order valence-electron chi connectivity index (χ4n) is 2.14. The van der Waals surface area contributed by atoms with E-state index in [4.69, 9.17) is 17.3 Å². The average Bonchev–Trinajstić information content (AvgIpc) is 2.35. The van der Waals surface area contributed by atoms with Gasteiger partial charge in [0.2, 0.25) is 0 Å². The van der Waals surface area contributed by atoms with Crippen molar-refractivity contribution in [3.63, 3.8) is 0 Å². The number of nitrogens with one attached hydrogen (secondary N) is 1. The van der Waals surface area contributed by atoms with Crippen molar-refractivity contribution in [2.24, 2.45) is 5.73 Å². The first kappa shape index (κ1) is 13.1. The highest BCUT2D eigenvalue weighted by atomic mass is 35.5. The molecule has 3 N–H and O–H groups in total. The number of hydrogen-bond donors (Lipinski definition) is 2. The third kappa shape index (κ3) is 3.09. The molecule has 1 heterocycles. The summed E-state index contributed by atoms with van der Waals surface area (Å²) in [5.74, 6) is 2.33. The van der Waals surface area contributed by atoms with Crippen LogP contribution in [-0.2, 0) is 0 Å². The SMILES string of the molecule is Cc1ccc(NC2(CN)CCCSC2)cc1Cl. The molecule has 0 aliphatic carbocycles. The van der Waals surface area contributed by atoms with Crippen molar-refractivity contribution in [1.29, 1.82) is 0 Å². The Hall–Kier alpha value is -0.380.